The molecule has 3 rings (SSSR count). The lowest BCUT2D eigenvalue weighted by Crippen LogP contribution is -2.00. The summed E-state index contributed by atoms with van der Waals surface area (Å²) in [5, 5.41) is 0.391. The minimum Gasteiger partial charge on any atom is -0.465 e. The van der Waals surface area contributed by atoms with Gasteiger partial charge in [-0.2, -0.15) is 0 Å². The second-order valence-corrected chi connectivity index (χ2v) is 5.00. The van der Waals surface area contributed by atoms with Crippen molar-refractivity contribution < 1.29 is 13.9 Å². The van der Waals surface area contributed by atoms with Crippen LogP contribution >= 0.6 is 11.6 Å². The van der Waals surface area contributed by atoms with Crippen LogP contribution in [0.4, 0.5) is 0 Å². The summed E-state index contributed by atoms with van der Waals surface area (Å²) in [6.45, 7) is 0. The number of hydrogen-bond acceptors (Lipinski definition) is 4. The van der Waals surface area contributed by atoms with Crippen molar-refractivity contribution in [3.05, 3.63) is 65.5 Å². The molecule has 1 aromatic heterocycles. The van der Waals surface area contributed by atoms with Crippen molar-refractivity contribution >= 4 is 39.8 Å². The Kier molecular flexibility index (Phi) is 3.94. The Morgan fingerprint density at radius 1 is 1.18 bits per heavy atom. The Labute approximate surface area is 132 Å². The molecule has 0 saturated carbocycles. The zero-order chi connectivity index (χ0) is 15.5. The van der Waals surface area contributed by atoms with Crippen molar-refractivity contribution in [2.45, 2.75) is 0 Å². The molecule has 0 radical (unpaired) electrons. The number of benzene rings is 2. The van der Waals surface area contributed by atoms with Crippen molar-refractivity contribution in [3.63, 3.8) is 0 Å². The summed E-state index contributed by atoms with van der Waals surface area (Å²) in [5.41, 5.74) is 2.76. The minimum atomic E-state index is -0.374. The highest BCUT2D eigenvalue weighted by Crippen LogP contribution is 2.25. The van der Waals surface area contributed by atoms with E-state index in [0.29, 0.717) is 22.1 Å². The summed E-state index contributed by atoms with van der Waals surface area (Å²) in [4.78, 5) is 15.7. The molecule has 0 fully saturated rings. The molecule has 2 aromatic carbocycles. The van der Waals surface area contributed by atoms with Gasteiger partial charge in [0.05, 0.1) is 12.7 Å². The van der Waals surface area contributed by atoms with E-state index in [2.05, 4.69) is 9.72 Å². The van der Waals surface area contributed by atoms with E-state index in [-0.39, 0.29) is 5.97 Å². The number of hydrogen-bond donors (Lipinski definition) is 0. The molecule has 0 unspecified atom stereocenters. The molecular weight excluding hydrogens is 302 g/mol. The third-order valence-corrected chi connectivity index (χ3v) is 3.39. The maximum atomic E-state index is 11.4. The second kappa shape index (κ2) is 6.03. The molecule has 110 valence electrons. The van der Waals surface area contributed by atoms with E-state index in [1.807, 2.05) is 24.3 Å². The van der Waals surface area contributed by atoms with Crippen LogP contribution in [0, 0.1) is 0 Å². The molecule has 0 amide bonds. The normalized spacial score (nSPS) is 11.6. The zero-order valence-corrected chi connectivity index (χ0v) is 12.5. The van der Waals surface area contributed by atoms with Crippen LogP contribution in [0.2, 0.25) is 0 Å². The maximum Gasteiger partial charge on any atom is 0.337 e. The molecule has 0 saturated heterocycles. The monoisotopic (exact) mass is 313 g/mol. The smallest absolute Gasteiger partial charge is 0.337 e. The number of fused-ring (bicyclic) bond motifs is 1. The molecular formula is C17H12ClNO3. The standard InChI is InChI=1S/C17H12ClNO3/c1-21-17(20)12-8-6-11(7-9-12)10-13(18)16-19-14-4-2-3-5-15(14)22-16/h2-10H,1H3/b13-10-. The van der Waals surface area contributed by atoms with Gasteiger partial charge in [-0.05, 0) is 35.9 Å². The van der Waals surface area contributed by atoms with Crippen LogP contribution in [0.3, 0.4) is 0 Å². The summed E-state index contributed by atoms with van der Waals surface area (Å²) >= 11 is 6.26. The number of halogens is 1. The predicted molar refractivity (Wildman–Crippen MR) is 85.5 cm³/mol. The largest absolute Gasteiger partial charge is 0.465 e. The lowest BCUT2D eigenvalue weighted by molar-refractivity contribution is 0.0600. The van der Waals surface area contributed by atoms with Crippen molar-refractivity contribution in [1.82, 2.24) is 4.98 Å². The first-order valence-corrected chi connectivity index (χ1v) is 6.96. The maximum absolute atomic E-state index is 11.4. The highest BCUT2D eigenvalue weighted by atomic mass is 35.5. The lowest BCUT2D eigenvalue weighted by atomic mass is 10.1. The third-order valence-electron chi connectivity index (χ3n) is 3.12. The molecule has 0 aliphatic rings. The summed E-state index contributed by atoms with van der Waals surface area (Å²) in [7, 11) is 1.35. The Balaban J connectivity index is 1.88. The molecule has 0 aliphatic heterocycles. The van der Waals surface area contributed by atoms with Crippen molar-refractivity contribution in [2.75, 3.05) is 7.11 Å². The van der Waals surface area contributed by atoms with Gasteiger partial charge in [-0.1, -0.05) is 35.9 Å². The molecule has 0 N–H and O–H groups in total. The number of oxazole rings is 1. The quantitative estimate of drug-likeness (QED) is 0.674. The number of carbonyl (C=O) groups is 1. The highest BCUT2D eigenvalue weighted by Gasteiger charge is 2.09. The van der Waals surface area contributed by atoms with E-state index in [1.165, 1.54) is 7.11 Å². The number of esters is 1. The highest BCUT2D eigenvalue weighted by molar-refractivity contribution is 6.50. The van der Waals surface area contributed by atoms with E-state index >= 15 is 0 Å². The lowest BCUT2D eigenvalue weighted by Gasteiger charge is -1.99. The fourth-order valence-electron chi connectivity index (χ4n) is 2.02. The molecule has 0 bridgehead atoms. The first kappa shape index (κ1) is 14.4. The minimum absolute atomic E-state index is 0.361. The molecule has 0 atom stereocenters. The first-order valence-electron chi connectivity index (χ1n) is 6.59. The van der Waals surface area contributed by atoms with Crippen LogP contribution in [0.25, 0.3) is 22.2 Å². The van der Waals surface area contributed by atoms with Gasteiger partial charge in [0.15, 0.2) is 5.58 Å². The Bertz CT molecular complexity index is 817. The average Bonchev–Trinajstić information content (AvgIpc) is 2.99. The van der Waals surface area contributed by atoms with Gasteiger partial charge >= 0.3 is 5.97 Å². The summed E-state index contributed by atoms with van der Waals surface area (Å²) in [6, 6.07) is 14.4. The van der Waals surface area contributed by atoms with Crippen LogP contribution in [0.1, 0.15) is 21.8 Å². The van der Waals surface area contributed by atoms with Crippen LogP contribution in [0.5, 0.6) is 0 Å². The molecule has 3 aromatic rings. The SMILES string of the molecule is COC(=O)c1ccc(/C=C(\Cl)c2nc3ccccc3o2)cc1. The van der Waals surface area contributed by atoms with Gasteiger partial charge in [-0.3, -0.25) is 0 Å². The fraction of sp³-hybridized carbons (Fsp3) is 0.0588. The number of rotatable bonds is 3. The second-order valence-electron chi connectivity index (χ2n) is 4.59. The Morgan fingerprint density at radius 3 is 2.59 bits per heavy atom. The van der Waals surface area contributed by atoms with Crippen molar-refractivity contribution in [3.8, 4) is 0 Å². The van der Waals surface area contributed by atoms with Gasteiger partial charge in [-0.25, -0.2) is 9.78 Å². The van der Waals surface area contributed by atoms with Crippen LogP contribution in [0.15, 0.2) is 52.9 Å². The third kappa shape index (κ3) is 2.87. The van der Waals surface area contributed by atoms with Crippen molar-refractivity contribution in [2.24, 2.45) is 0 Å². The van der Waals surface area contributed by atoms with Gasteiger partial charge in [0.25, 0.3) is 0 Å². The number of carbonyl (C=O) groups excluding carboxylic acids is 1. The predicted octanol–water partition coefficient (Wildman–Crippen LogP) is 4.35. The van der Waals surface area contributed by atoms with E-state index in [0.717, 1.165) is 11.1 Å². The van der Waals surface area contributed by atoms with E-state index in [1.54, 1.807) is 30.3 Å². The molecule has 0 aliphatic carbocycles. The molecule has 4 nitrogen and oxygen atoms in total. The van der Waals surface area contributed by atoms with Gasteiger partial charge < -0.3 is 9.15 Å². The van der Waals surface area contributed by atoms with Crippen LogP contribution in [-0.2, 0) is 4.74 Å². The van der Waals surface area contributed by atoms with E-state index in [9.17, 15) is 4.79 Å². The average molecular weight is 314 g/mol. The number of aromatic nitrogens is 1. The van der Waals surface area contributed by atoms with Crippen LogP contribution < -0.4 is 0 Å². The van der Waals surface area contributed by atoms with Gasteiger partial charge in [0.1, 0.15) is 10.5 Å². The van der Waals surface area contributed by atoms with Crippen molar-refractivity contribution in [1.29, 1.82) is 0 Å². The van der Waals surface area contributed by atoms with Gasteiger partial charge in [0, 0.05) is 0 Å². The number of methoxy groups -OCH3 is 1. The molecule has 22 heavy (non-hydrogen) atoms. The summed E-state index contributed by atoms with van der Waals surface area (Å²) in [5.74, 6) is -0.0134. The Hall–Kier alpha value is -2.59. The topological polar surface area (TPSA) is 52.3 Å². The van der Waals surface area contributed by atoms with E-state index in [4.69, 9.17) is 16.0 Å². The van der Waals surface area contributed by atoms with Crippen LogP contribution in [-0.4, -0.2) is 18.1 Å². The number of nitrogens with zero attached hydrogens (tertiary/aromatic N) is 1. The van der Waals surface area contributed by atoms with Gasteiger partial charge in [-0.15, -0.1) is 0 Å². The van der Waals surface area contributed by atoms with Gasteiger partial charge in [0.2, 0.25) is 5.89 Å². The molecule has 1 heterocycles. The first-order chi connectivity index (χ1) is 10.7. The summed E-state index contributed by atoms with van der Waals surface area (Å²) in [6.07, 6.45) is 1.73. The molecule has 0 spiro atoms. The fourth-order valence-corrected chi connectivity index (χ4v) is 2.22. The summed E-state index contributed by atoms with van der Waals surface area (Å²) < 4.78 is 10.3. The number of ether oxygens (including phenoxy) is 1. The molecule has 5 heteroatoms. The Morgan fingerprint density at radius 2 is 1.91 bits per heavy atom. The zero-order valence-electron chi connectivity index (χ0n) is 11.7. The van der Waals surface area contributed by atoms with E-state index < -0.39 is 0 Å². The number of para-hydroxylation sites is 2.